The highest BCUT2D eigenvalue weighted by atomic mass is 16.5. The summed E-state index contributed by atoms with van der Waals surface area (Å²) in [5.41, 5.74) is 3.04. The van der Waals surface area contributed by atoms with E-state index in [4.69, 9.17) is 4.74 Å². The zero-order valence-corrected chi connectivity index (χ0v) is 18.4. The number of carbonyl (C=O) groups excluding carboxylic acids is 1. The Morgan fingerprint density at radius 1 is 0.967 bits per heavy atom. The number of hydrogen-bond donors (Lipinski definition) is 1. The molecular formula is C25H33N3O2. The van der Waals surface area contributed by atoms with E-state index in [0.717, 1.165) is 34.8 Å². The third-order valence-electron chi connectivity index (χ3n) is 4.71. The zero-order chi connectivity index (χ0) is 21.9. The van der Waals surface area contributed by atoms with Gasteiger partial charge in [0.25, 0.3) is 0 Å². The Kier molecular flexibility index (Phi) is 9.01. The van der Waals surface area contributed by atoms with Gasteiger partial charge in [0.05, 0.1) is 7.11 Å². The van der Waals surface area contributed by atoms with Gasteiger partial charge in [0.2, 0.25) is 5.91 Å². The highest BCUT2D eigenvalue weighted by molar-refractivity contribution is 5.92. The minimum Gasteiger partial charge on any atom is -0.497 e. The first-order valence-electron chi connectivity index (χ1n) is 10.3. The molecule has 0 saturated carbocycles. The number of carbonyl (C=O) groups is 1. The number of nitrogens with zero attached hydrogens (tertiary/aromatic N) is 2. The quantitative estimate of drug-likeness (QED) is 0.529. The van der Waals surface area contributed by atoms with Crippen LogP contribution >= 0.6 is 0 Å². The fourth-order valence-electron chi connectivity index (χ4n) is 2.54. The Labute approximate surface area is 181 Å². The molecule has 5 heteroatoms. The summed E-state index contributed by atoms with van der Waals surface area (Å²) in [4.78, 5) is 20.2. The average molecular weight is 408 g/mol. The SMILES string of the molecule is CC(C)c1ncc(-c2ccccc2)cn1.CCC(C)C(=O)Nc1ccc(OC)cc1.[HH]. The van der Waals surface area contributed by atoms with Crippen molar-refractivity contribution in [3.63, 3.8) is 0 Å². The van der Waals surface area contributed by atoms with Crippen LogP contribution in [0.2, 0.25) is 0 Å². The van der Waals surface area contributed by atoms with E-state index in [9.17, 15) is 4.79 Å². The van der Waals surface area contributed by atoms with Crippen LogP contribution in [0, 0.1) is 5.92 Å². The van der Waals surface area contributed by atoms with Gasteiger partial charge in [-0.3, -0.25) is 4.79 Å². The Balaban J connectivity index is 0.000000300. The number of ether oxygens (including phenoxy) is 1. The van der Waals surface area contributed by atoms with Crippen molar-refractivity contribution in [1.29, 1.82) is 0 Å². The van der Waals surface area contributed by atoms with Gasteiger partial charge in [0, 0.05) is 36.9 Å². The highest BCUT2D eigenvalue weighted by Gasteiger charge is 2.10. The van der Waals surface area contributed by atoms with Crippen molar-refractivity contribution < 1.29 is 11.0 Å². The fraction of sp³-hybridized carbons (Fsp3) is 0.320. The normalized spacial score (nSPS) is 11.3. The molecule has 0 fully saturated rings. The summed E-state index contributed by atoms with van der Waals surface area (Å²) < 4.78 is 5.03. The van der Waals surface area contributed by atoms with Crippen molar-refractivity contribution in [3.8, 4) is 16.9 Å². The van der Waals surface area contributed by atoms with Gasteiger partial charge in [-0.25, -0.2) is 9.97 Å². The van der Waals surface area contributed by atoms with Crippen molar-refractivity contribution in [3.05, 3.63) is 72.8 Å². The minimum atomic E-state index is 0. The van der Waals surface area contributed by atoms with Crippen LogP contribution in [0.3, 0.4) is 0 Å². The molecule has 1 atom stereocenters. The standard InChI is InChI=1S/C13H14N2.C12H17NO2.H2/c1-10(2)13-14-8-12(9-15-13)11-6-4-3-5-7-11;1-4-9(2)12(14)13-10-5-7-11(15-3)8-6-10;/h3-10H,1-2H3;5-9H,4H2,1-3H3,(H,13,14);1H. The van der Waals surface area contributed by atoms with Crippen molar-refractivity contribution in [2.24, 2.45) is 5.92 Å². The molecule has 2 aromatic carbocycles. The van der Waals surface area contributed by atoms with E-state index in [0.29, 0.717) is 5.92 Å². The van der Waals surface area contributed by atoms with E-state index >= 15 is 0 Å². The number of anilines is 1. The molecule has 0 saturated heterocycles. The largest absolute Gasteiger partial charge is 0.497 e. The van der Waals surface area contributed by atoms with Crippen molar-refractivity contribution in [2.75, 3.05) is 12.4 Å². The molecule has 0 aliphatic rings. The molecule has 1 aromatic heterocycles. The zero-order valence-electron chi connectivity index (χ0n) is 18.4. The second kappa shape index (κ2) is 11.7. The average Bonchev–Trinajstić information content (AvgIpc) is 2.80. The van der Waals surface area contributed by atoms with Crippen molar-refractivity contribution in [1.82, 2.24) is 9.97 Å². The van der Waals surface area contributed by atoms with Gasteiger partial charge in [-0.1, -0.05) is 58.0 Å². The van der Waals surface area contributed by atoms with Crippen LogP contribution in [0.25, 0.3) is 11.1 Å². The van der Waals surface area contributed by atoms with Crippen molar-refractivity contribution >= 4 is 11.6 Å². The number of aromatic nitrogens is 2. The molecule has 1 N–H and O–H groups in total. The smallest absolute Gasteiger partial charge is 0.227 e. The number of amides is 1. The molecule has 30 heavy (non-hydrogen) atoms. The van der Waals surface area contributed by atoms with Crippen molar-refractivity contribution in [2.45, 2.75) is 40.0 Å². The summed E-state index contributed by atoms with van der Waals surface area (Å²) in [7, 11) is 1.62. The summed E-state index contributed by atoms with van der Waals surface area (Å²) in [6, 6.07) is 17.5. The van der Waals surface area contributed by atoms with E-state index in [2.05, 4.69) is 41.3 Å². The third-order valence-corrected chi connectivity index (χ3v) is 4.71. The van der Waals surface area contributed by atoms with Gasteiger partial charge in [0.15, 0.2) is 0 Å². The first kappa shape index (κ1) is 23.1. The summed E-state index contributed by atoms with van der Waals surface area (Å²) in [5.74, 6) is 2.18. The lowest BCUT2D eigenvalue weighted by Gasteiger charge is -2.10. The molecule has 3 rings (SSSR count). The van der Waals surface area contributed by atoms with E-state index in [1.165, 1.54) is 0 Å². The number of nitrogens with one attached hydrogen (secondary N) is 1. The lowest BCUT2D eigenvalue weighted by Crippen LogP contribution is -2.19. The van der Waals surface area contributed by atoms with Gasteiger partial charge in [-0.15, -0.1) is 0 Å². The maximum atomic E-state index is 11.6. The molecule has 0 radical (unpaired) electrons. The van der Waals surface area contributed by atoms with E-state index < -0.39 is 0 Å². The van der Waals surface area contributed by atoms with Gasteiger partial charge in [0.1, 0.15) is 11.6 Å². The molecule has 160 valence electrons. The Morgan fingerprint density at radius 3 is 2.07 bits per heavy atom. The monoisotopic (exact) mass is 407 g/mol. The van der Waals surface area contributed by atoms with Gasteiger partial charge in [-0.2, -0.15) is 0 Å². The summed E-state index contributed by atoms with van der Waals surface area (Å²) in [6.45, 7) is 8.10. The van der Waals surface area contributed by atoms with Gasteiger partial charge >= 0.3 is 0 Å². The van der Waals surface area contributed by atoms with Crippen LogP contribution in [0.4, 0.5) is 5.69 Å². The molecule has 0 aliphatic carbocycles. The van der Waals surface area contributed by atoms with Gasteiger partial charge in [-0.05, 0) is 36.2 Å². The van der Waals surface area contributed by atoms with Crippen LogP contribution in [-0.2, 0) is 4.79 Å². The molecule has 5 nitrogen and oxygen atoms in total. The molecule has 1 amide bonds. The number of methoxy groups -OCH3 is 1. The Bertz CT molecular complexity index is 898. The maximum absolute atomic E-state index is 11.6. The molecule has 1 unspecified atom stereocenters. The lowest BCUT2D eigenvalue weighted by molar-refractivity contribution is -0.119. The summed E-state index contributed by atoms with van der Waals surface area (Å²) in [6.07, 6.45) is 4.62. The third kappa shape index (κ3) is 6.99. The second-order valence-electron chi connectivity index (χ2n) is 7.38. The summed E-state index contributed by atoms with van der Waals surface area (Å²) >= 11 is 0. The maximum Gasteiger partial charge on any atom is 0.227 e. The molecule has 0 bridgehead atoms. The molecule has 0 aliphatic heterocycles. The minimum absolute atomic E-state index is 0. The summed E-state index contributed by atoms with van der Waals surface area (Å²) in [5, 5.41) is 2.85. The molecular weight excluding hydrogens is 374 g/mol. The van der Waals surface area contributed by atoms with Crippen LogP contribution in [0.5, 0.6) is 5.75 Å². The van der Waals surface area contributed by atoms with Crippen LogP contribution in [0.15, 0.2) is 67.0 Å². The predicted octanol–water partition coefficient (Wildman–Crippen LogP) is 6.19. The highest BCUT2D eigenvalue weighted by Crippen LogP contribution is 2.18. The molecule has 1 heterocycles. The first-order chi connectivity index (χ1) is 14.4. The topological polar surface area (TPSA) is 64.1 Å². The van der Waals surface area contributed by atoms with E-state index in [1.54, 1.807) is 7.11 Å². The Morgan fingerprint density at radius 2 is 1.57 bits per heavy atom. The fourth-order valence-corrected chi connectivity index (χ4v) is 2.54. The number of benzene rings is 2. The predicted molar refractivity (Wildman–Crippen MR) is 125 cm³/mol. The van der Waals surface area contributed by atoms with Crippen LogP contribution < -0.4 is 10.1 Å². The van der Waals surface area contributed by atoms with Crippen LogP contribution in [-0.4, -0.2) is 23.0 Å². The molecule has 0 spiro atoms. The number of hydrogen-bond acceptors (Lipinski definition) is 4. The lowest BCUT2D eigenvalue weighted by atomic mass is 10.1. The second-order valence-corrected chi connectivity index (χ2v) is 7.38. The Hall–Kier alpha value is -3.21. The van der Waals surface area contributed by atoms with E-state index in [-0.39, 0.29) is 13.3 Å². The first-order valence-corrected chi connectivity index (χ1v) is 10.3. The molecule has 3 aromatic rings. The van der Waals surface area contributed by atoms with Crippen LogP contribution in [0.1, 0.15) is 47.3 Å². The van der Waals surface area contributed by atoms with Gasteiger partial charge < -0.3 is 10.1 Å². The number of rotatable bonds is 6. The van der Waals surface area contributed by atoms with E-state index in [1.807, 2.05) is 68.7 Å².